The van der Waals surface area contributed by atoms with Gasteiger partial charge in [-0.3, -0.25) is 9.78 Å². The zero-order chi connectivity index (χ0) is 16.2. The molecule has 2 rings (SSSR count). The minimum Gasteiger partial charge on any atom is -0.342 e. The summed E-state index contributed by atoms with van der Waals surface area (Å²) in [5.74, 6) is 1.01. The second kappa shape index (κ2) is 7.19. The summed E-state index contributed by atoms with van der Waals surface area (Å²) in [7, 11) is -3.59. The van der Waals surface area contributed by atoms with Crippen LogP contribution in [-0.2, 0) is 14.8 Å². The van der Waals surface area contributed by atoms with Crippen LogP contribution in [0.1, 0.15) is 26.7 Å². The van der Waals surface area contributed by atoms with Crippen LogP contribution in [0.4, 0.5) is 0 Å². The standard InChI is InChI=1S/C15H23N3O3S/c1-12-8-13(2)11-18(10-12)15(19)5-7-17-22(20,21)14-4-3-6-16-9-14/h3-4,6,9,12-13,17H,5,7-8,10-11H2,1-2H3. The molecule has 1 aliphatic rings. The Balaban J connectivity index is 1.84. The SMILES string of the molecule is CC1CC(C)CN(C(=O)CCNS(=O)(=O)c2cccnc2)C1. The molecule has 0 aromatic carbocycles. The quantitative estimate of drug-likeness (QED) is 0.884. The molecular weight excluding hydrogens is 302 g/mol. The first-order valence-corrected chi connectivity index (χ1v) is 9.04. The molecule has 1 N–H and O–H groups in total. The molecule has 2 atom stereocenters. The Morgan fingerprint density at radius 1 is 1.36 bits per heavy atom. The first-order chi connectivity index (χ1) is 10.4. The lowest BCUT2D eigenvalue weighted by Crippen LogP contribution is -2.43. The van der Waals surface area contributed by atoms with Gasteiger partial charge >= 0.3 is 0 Å². The van der Waals surface area contributed by atoms with E-state index in [2.05, 4.69) is 23.6 Å². The summed E-state index contributed by atoms with van der Waals surface area (Å²) in [4.78, 5) is 17.9. The van der Waals surface area contributed by atoms with Crippen molar-refractivity contribution < 1.29 is 13.2 Å². The van der Waals surface area contributed by atoms with Gasteiger partial charge in [0.1, 0.15) is 4.90 Å². The van der Waals surface area contributed by atoms with Crippen molar-refractivity contribution >= 4 is 15.9 Å². The molecule has 1 amide bonds. The summed E-state index contributed by atoms with van der Waals surface area (Å²) in [6.07, 6.45) is 4.12. The van der Waals surface area contributed by atoms with E-state index in [1.54, 1.807) is 6.07 Å². The Bertz CT molecular complexity index is 594. The van der Waals surface area contributed by atoms with Crippen molar-refractivity contribution in [2.24, 2.45) is 11.8 Å². The zero-order valence-electron chi connectivity index (χ0n) is 13.0. The first kappa shape index (κ1) is 16.9. The molecule has 0 bridgehead atoms. The highest BCUT2D eigenvalue weighted by Gasteiger charge is 2.25. The first-order valence-electron chi connectivity index (χ1n) is 7.56. The summed E-state index contributed by atoms with van der Waals surface area (Å²) in [5, 5.41) is 0. The number of rotatable bonds is 5. The minimum atomic E-state index is -3.59. The number of hydrogen-bond acceptors (Lipinski definition) is 4. The molecule has 7 heteroatoms. The van der Waals surface area contributed by atoms with E-state index < -0.39 is 10.0 Å². The number of carbonyl (C=O) groups excluding carboxylic acids is 1. The van der Waals surface area contributed by atoms with Crippen LogP contribution in [0.25, 0.3) is 0 Å². The number of aromatic nitrogens is 1. The van der Waals surface area contributed by atoms with Crippen LogP contribution >= 0.6 is 0 Å². The maximum absolute atomic E-state index is 12.2. The van der Waals surface area contributed by atoms with Gasteiger partial charge in [-0.15, -0.1) is 0 Å². The third kappa shape index (κ3) is 4.51. The number of piperidine rings is 1. The maximum Gasteiger partial charge on any atom is 0.242 e. The van der Waals surface area contributed by atoms with Crippen LogP contribution in [0.2, 0.25) is 0 Å². The maximum atomic E-state index is 12.2. The summed E-state index contributed by atoms with van der Waals surface area (Å²) in [5.41, 5.74) is 0. The van der Waals surface area contributed by atoms with Crippen LogP contribution < -0.4 is 4.72 Å². The van der Waals surface area contributed by atoms with E-state index in [1.165, 1.54) is 18.5 Å². The Morgan fingerprint density at radius 3 is 2.64 bits per heavy atom. The molecule has 1 saturated heterocycles. The number of pyridine rings is 1. The van der Waals surface area contributed by atoms with Gasteiger partial charge in [-0.25, -0.2) is 13.1 Å². The Kier molecular flexibility index (Phi) is 5.52. The third-order valence-electron chi connectivity index (χ3n) is 3.80. The molecule has 1 aliphatic heterocycles. The van der Waals surface area contributed by atoms with Crippen molar-refractivity contribution in [3.8, 4) is 0 Å². The predicted octanol–water partition coefficient (Wildman–Crippen LogP) is 1.25. The number of likely N-dealkylation sites (tertiary alicyclic amines) is 1. The molecule has 2 unspecified atom stereocenters. The van der Waals surface area contributed by atoms with Gasteiger partial charge in [0.25, 0.3) is 0 Å². The monoisotopic (exact) mass is 325 g/mol. The third-order valence-corrected chi connectivity index (χ3v) is 5.24. The molecule has 1 aromatic heterocycles. The van der Waals surface area contributed by atoms with Crippen LogP contribution in [0.15, 0.2) is 29.4 Å². The molecule has 0 aliphatic carbocycles. The van der Waals surface area contributed by atoms with Crippen LogP contribution in [0.3, 0.4) is 0 Å². The lowest BCUT2D eigenvalue weighted by Gasteiger charge is -2.35. The average molecular weight is 325 g/mol. The van der Waals surface area contributed by atoms with Crippen molar-refractivity contribution in [2.75, 3.05) is 19.6 Å². The van der Waals surface area contributed by atoms with Gasteiger partial charge in [-0.1, -0.05) is 13.8 Å². The predicted molar refractivity (Wildman–Crippen MR) is 83.6 cm³/mol. The van der Waals surface area contributed by atoms with Crippen molar-refractivity contribution in [1.29, 1.82) is 0 Å². The summed E-state index contributed by atoms with van der Waals surface area (Å²) in [6.45, 7) is 5.91. The van der Waals surface area contributed by atoms with E-state index in [4.69, 9.17) is 0 Å². The minimum absolute atomic E-state index is 0.00675. The summed E-state index contributed by atoms with van der Waals surface area (Å²) in [6, 6.07) is 3.04. The molecule has 6 nitrogen and oxygen atoms in total. The van der Waals surface area contributed by atoms with Gasteiger partial charge in [-0.05, 0) is 30.4 Å². The van der Waals surface area contributed by atoms with Crippen molar-refractivity contribution in [1.82, 2.24) is 14.6 Å². The molecule has 122 valence electrons. The van der Waals surface area contributed by atoms with Crippen LogP contribution in [0.5, 0.6) is 0 Å². The highest BCUT2D eigenvalue weighted by Crippen LogP contribution is 2.21. The normalized spacial score (nSPS) is 22.5. The van der Waals surface area contributed by atoms with Gasteiger partial charge in [0.2, 0.25) is 15.9 Å². The van der Waals surface area contributed by atoms with Gasteiger partial charge in [0.05, 0.1) is 0 Å². The fraction of sp³-hybridized carbons (Fsp3) is 0.600. The fourth-order valence-electron chi connectivity index (χ4n) is 2.91. The van der Waals surface area contributed by atoms with Crippen molar-refractivity contribution in [3.63, 3.8) is 0 Å². The Labute approximate surface area is 132 Å². The van der Waals surface area contributed by atoms with Gasteiger partial charge < -0.3 is 4.90 Å². The van der Waals surface area contributed by atoms with E-state index in [1.807, 2.05) is 4.90 Å². The Hall–Kier alpha value is -1.47. The topological polar surface area (TPSA) is 79.4 Å². The lowest BCUT2D eigenvalue weighted by molar-refractivity contribution is -0.133. The van der Waals surface area contributed by atoms with E-state index in [0.29, 0.717) is 11.8 Å². The second-order valence-electron chi connectivity index (χ2n) is 6.08. The number of carbonyl (C=O) groups is 1. The number of sulfonamides is 1. The van der Waals surface area contributed by atoms with E-state index in [-0.39, 0.29) is 23.8 Å². The molecule has 0 saturated carbocycles. The van der Waals surface area contributed by atoms with E-state index in [0.717, 1.165) is 19.5 Å². The lowest BCUT2D eigenvalue weighted by atomic mass is 9.92. The molecule has 2 heterocycles. The van der Waals surface area contributed by atoms with Crippen LogP contribution in [-0.4, -0.2) is 43.8 Å². The Morgan fingerprint density at radius 2 is 2.05 bits per heavy atom. The summed E-state index contributed by atoms with van der Waals surface area (Å²) >= 11 is 0. The van der Waals surface area contributed by atoms with E-state index in [9.17, 15) is 13.2 Å². The molecular formula is C15H23N3O3S. The van der Waals surface area contributed by atoms with Gasteiger partial charge in [0.15, 0.2) is 0 Å². The molecule has 0 spiro atoms. The largest absolute Gasteiger partial charge is 0.342 e. The highest BCUT2D eigenvalue weighted by molar-refractivity contribution is 7.89. The number of hydrogen-bond donors (Lipinski definition) is 1. The zero-order valence-corrected chi connectivity index (χ0v) is 13.8. The van der Waals surface area contributed by atoms with Gasteiger partial charge in [-0.2, -0.15) is 0 Å². The number of nitrogens with zero attached hydrogens (tertiary/aromatic N) is 2. The molecule has 0 radical (unpaired) electrons. The van der Waals surface area contributed by atoms with Crippen molar-refractivity contribution in [3.05, 3.63) is 24.5 Å². The second-order valence-corrected chi connectivity index (χ2v) is 7.85. The van der Waals surface area contributed by atoms with Crippen LogP contribution in [0, 0.1) is 11.8 Å². The smallest absolute Gasteiger partial charge is 0.242 e. The van der Waals surface area contributed by atoms with Gasteiger partial charge in [0, 0.05) is 38.4 Å². The number of amides is 1. The molecule has 1 fully saturated rings. The molecule has 1 aromatic rings. The van der Waals surface area contributed by atoms with E-state index >= 15 is 0 Å². The molecule has 22 heavy (non-hydrogen) atoms. The highest BCUT2D eigenvalue weighted by atomic mass is 32.2. The fourth-order valence-corrected chi connectivity index (χ4v) is 3.90. The summed E-state index contributed by atoms with van der Waals surface area (Å²) < 4.78 is 26.5. The average Bonchev–Trinajstić information content (AvgIpc) is 2.47. The number of nitrogens with one attached hydrogen (secondary N) is 1. The van der Waals surface area contributed by atoms with Crippen molar-refractivity contribution in [2.45, 2.75) is 31.6 Å².